The maximum Gasteiger partial charge on any atom is 0.335 e. The molecule has 0 spiro atoms. The number of nitrogens with one attached hydrogen (secondary N) is 3. The molecule has 2 aromatic carbocycles. The number of ketones is 1. The minimum atomic E-state index is -4.25. The molecule has 24 nitrogen and oxygen atoms in total. The highest BCUT2D eigenvalue weighted by Crippen LogP contribution is 2.39. The second kappa shape index (κ2) is 25.5. The normalized spacial score (nSPS) is 23.8. The first-order valence-electron chi connectivity index (χ1n) is 24.1. The minimum absolute atomic E-state index is 0.0130. The van der Waals surface area contributed by atoms with E-state index in [4.69, 9.17) is 38.0 Å². The number of carbonyl (C=O) groups is 4. The molecule has 0 bridgehead atoms. The van der Waals surface area contributed by atoms with Gasteiger partial charge in [-0.25, -0.2) is 14.5 Å². The van der Waals surface area contributed by atoms with Gasteiger partial charge in [-0.3, -0.25) is 23.1 Å². The number of aliphatic hydroxyl groups excluding tert-OH is 4. The molecule has 7 rings (SSSR count). The molecule has 10 N–H and O–H groups in total. The number of rotatable bonds is 27. The molecular weight excluding hydrogens is 979 g/mol. The number of aliphatic carboxylic acids is 1. The van der Waals surface area contributed by atoms with E-state index in [1.165, 1.54) is 24.1 Å². The lowest BCUT2D eigenvalue weighted by molar-refractivity contribution is -0.668. The first kappa shape index (κ1) is 55.0. The number of anilines is 2. The number of amides is 2. The van der Waals surface area contributed by atoms with Gasteiger partial charge in [0.2, 0.25) is 35.9 Å². The number of ether oxygens (including phenoxy) is 5. The van der Waals surface area contributed by atoms with Crippen LogP contribution < -0.4 is 30.4 Å². The van der Waals surface area contributed by atoms with Crippen LogP contribution in [0, 0.1) is 5.92 Å². The summed E-state index contributed by atoms with van der Waals surface area (Å²) >= 11 is 0. The summed E-state index contributed by atoms with van der Waals surface area (Å²) in [4.78, 5) is 53.8. The molecule has 4 aromatic rings. The van der Waals surface area contributed by atoms with Crippen molar-refractivity contribution in [3.63, 3.8) is 0 Å². The summed E-state index contributed by atoms with van der Waals surface area (Å²) < 4.78 is 59.5. The van der Waals surface area contributed by atoms with Crippen LogP contribution in [0.15, 0.2) is 61.1 Å². The lowest BCUT2D eigenvalue weighted by Gasteiger charge is -2.38. The summed E-state index contributed by atoms with van der Waals surface area (Å²) in [6.45, 7) is 2.88. The summed E-state index contributed by atoms with van der Waals surface area (Å²) in [6, 6.07) is 14.5. The van der Waals surface area contributed by atoms with Gasteiger partial charge in [-0.2, -0.15) is 8.42 Å². The number of nitrogens with zero attached hydrogens (tertiary/aromatic N) is 3. The van der Waals surface area contributed by atoms with Crippen molar-refractivity contribution in [3.8, 4) is 5.75 Å². The van der Waals surface area contributed by atoms with Gasteiger partial charge in [0.15, 0.2) is 6.10 Å². The fourth-order valence-corrected chi connectivity index (χ4v) is 9.49. The maximum atomic E-state index is 13.5. The predicted molar refractivity (Wildman–Crippen MR) is 257 cm³/mol. The van der Waals surface area contributed by atoms with Gasteiger partial charge in [-0.15, -0.1) is 0 Å². The van der Waals surface area contributed by atoms with E-state index in [1.807, 2.05) is 33.5 Å². The van der Waals surface area contributed by atoms with E-state index in [9.17, 15) is 53.1 Å². The smallest absolute Gasteiger partial charge is 0.335 e. The Labute approximate surface area is 420 Å². The Morgan fingerprint density at radius 3 is 2.34 bits per heavy atom. The van der Waals surface area contributed by atoms with E-state index in [0.717, 1.165) is 18.2 Å². The molecule has 398 valence electrons. The SMILES string of the molecule is CC(=O)CCOCCOCCOCCC(=O)NCCC(=O)Nc1cc(C[n+]2cnc(N[C@@H]3CCc4ccccc43)c3ccn([C@H]4C[C@H](COS(N)(=O)=O)[C@H](O)C4)c32)ccc1O[C@@H]1O[C@H](C(=O)O)[C@@H](O)[C@H](O)[C@H]1O. The lowest BCUT2D eigenvalue weighted by atomic mass is 9.99. The molecule has 1 saturated heterocycles. The van der Waals surface area contributed by atoms with E-state index in [2.05, 4.69) is 28.1 Å². The molecule has 2 aromatic heterocycles. The Hall–Kier alpha value is -5.71. The van der Waals surface area contributed by atoms with E-state index in [1.54, 1.807) is 18.5 Å². The molecule has 73 heavy (non-hydrogen) atoms. The highest BCUT2D eigenvalue weighted by atomic mass is 32.2. The molecule has 2 fully saturated rings. The largest absolute Gasteiger partial charge is 0.479 e. The highest BCUT2D eigenvalue weighted by Gasteiger charge is 2.48. The van der Waals surface area contributed by atoms with Gasteiger partial charge < -0.3 is 65.2 Å². The summed E-state index contributed by atoms with van der Waals surface area (Å²) in [5.74, 6) is -2.53. The van der Waals surface area contributed by atoms with Crippen molar-refractivity contribution in [3.05, 3.63) is 77.7 Å². The topological polar surface area (TPSA) is 343 Å². The van der Waals surface area contributed by atoms with Crippen molar-refractivity contribution in [1.29, 1.82) is 0 Å². The van der Waals surface area contributed by atoms with Crippen molar-refractivity contribution in [1.82, 2.24) is 14.9 Å². The minimum Gasteiger partial charge on any atom is -0.479 e. The maximum absolute atomic E-state index is 13.5. The molecule has 1 saturated carbocycles. The first-order valence-corrected chi connectivity index (χ1v) is 25.5. The molecule has 25 heteroatoms. The molecule has 2 aliphatic carbocycles. The average molecular weight is 1040 g/mol. The second-order valence-corrected chi connectivity index (χ2v) is 19.4. The average Bonchev–Trinajstić information content (AvgIpc) is 4.08. The van der Waals surface area contributed by atoms with Crippen LogP contribution in [0.25, 0.3) is 11.0 Å². The van der Waals surface area contributed by atoms with Crippen LogP contribution in [0.3, 0.4) is 0 Å². The van der Waals surface area contributed by atoms with Crippen LogP contribution in [-0.4, -0.2) is 157 Å². The zero-order valence-corrected chi connectivity index (χ0v) is 41.1. The zero-order chi connectivity index (χ0) is 52.2. The van der Waals surface area contributed by atoms with E-state index in [0.29, 0.717) is 49.7 Å². The number of carboxylic acids is 1. The van der Waals surface area contributed by atoms with Crippen LogP contribution in [-0.2, 0) is 65.6 Å². The van der Waals surface area contributed by atoms with E-state index < -0.39 is 64.9 Å². The Morgan fingerprint density at radius 1 is 0.890 bits per heavy atom. The highest BCUT2D eigenvalue weighted by molar-refractivity contribution is 7.84. The number of fused-ring (bicyclic) bond motifs is 2. The zero-order valence-electron chi connectivity index (χ0n) is 40.2. The van der Waals surface area contributed by atoms with Gasteiger partial charge in [0.25, 0.3) is 0 Å². The number of aromatic nitrogens is 3. The molecule has 3 aliphatic rings. The van der Waals surface area contributed by atoms with Crippen LogP contribution in [0.4, 0.5) is 11.5 Å². The van der Waals surface area contributed by atoms with Crippen molar-refractivity contribution < 1.29 is 85.6 Å². The van der Waals surface area contributed by atoms with Crippen LogP contribution in [0.2, 0.25) is 0 Å². The van der Waals surface area contributed by atoms with Crippen molar-refractivity contribution in [2.45, 2.75) is 107 Å². The van der Waals surface area contributed by atoms with Crippen LogP contribution >= 0.6 is 0 Å². The fraction of sp³-hybridized carbons (Fsp3) is 0.542. The van der Waals surface area contributed by atoms with E-state index >= 15 is 0 Å². The third kappa shape index (κ3) is 15.0. The Morgan fingerprint density at radius 2 is 1.62 bits per heavy atom. The molecular formula is C48H64N7O17S+. The second-order valence-electron chi connectivity index (χ2n) is 18.2. The first-order chi connectivity index (χ1) is 34.9. The number of carbonyl (C=O) groups excluding carboxylic acids is 3. The third-order valence-corrected chi connectivity index (χ3v) is 13.3. The standard InChI is InChI=1S/C48H63N7O17S/c1-28(56)12-16-67-18-20-69-21-19-68-17-13-39(58)50-14-10-40(59)52-36-22-29(6-9-38(36)71-48-43(62)41(60)42(61)44(72-48)47(63)64)25-54-27-51-45(53-35-8-7-30-4-2-3-5-33(30)35)34-11-15-55(46(34)54)32-23-31(37(57)24-32)26-70-73(49,65)66/h2-6,9,11,15,22,27,31-32,35,37,41-44,48,57,60-62H,7-8,10,12-14,16-21,23-26H2,1H3,(H5,49,50,52,58,59,63,64,65,66)/p+1/t31-,32+,35-,37-,41+,42+,43-,44+,48-/m1/s1. The van der Waals surface area contributed by atoms with Crippen LogP contribution in [0.5, 0.6) is 5.75 Å². The number of aliphatic hydroxyl groups is 4. The van der Waals surface area contributed by atoms with Gasteiger partial charge in [-0.1, -0.05) is 35.3 Å². The lowest BCUT2D eigenvalue weighted by Crippen LogP contribution is -2.61. The molecule has 1 aliphatic heterocycles. The number of aryl methyl sites for hydroxylation is 1. The van der Waals surface area contributed by atoms with Crippen molar-refractivity contribution in [2.75, 3.05) is 63.4 Å². The molecule has 3 heterocycles. The Balaban J connectivity index is 1.07. The van der Waals surface area contributed by atoms with E-state index in [-0.39, 0.29) is 94.0 Å². The molecule has 2 amide bonds. The number of hydrogen-bond donors (Lipinski definition) is 9. The number of carboxylic acid groups (broad SMARTS) is 1. The van der Waals surface area contributed by atoms with Gasteiger partial charge in [0.05, 0.1) is 82.9 Å². The Kier molecular flexibility index (Phi) is 19.2. The van der Waals surface area contributed by atoms with Crippen molar-refractivity contribution >= 4 is 56.4 Å². The van der Waals surface area contributed by atoms with Gasteiger partial charge in [0.1, 0.15) is 35.2 Å². The number of nitrogens with two attached hydrogens (primary N) is 1. The third-order valence-electron chi connectivity index (χ3n) is 12.9. The summed E-state index contributed by atoms with van der Waals surface area (Å²) in [5, 5.41) is 67.2. The molecule has 9 atom stereocenters. The van der Waals surface area contributed by atoms with Gasteiger partial charge >= 0.3 is 16.3 Å². The number of benzene rings is 2. The van der Waals surface area contributed by atoms with Crippen LogP contribution in [0.1, 0.15) is 74.2 Å². The predicted octanol–water partition coefficient (Wildman–Crippen LogP) is 0.138. The fourth-order valence-electron chi connectivity index (χ4n) is 9.12. The van der Waals surface area contributed by atoms with Gasteiger partial charge in [0, 0.05) is 38.1 Å². The number of Topliss-reactive ketones (excluding diaryl/α,β-unsaturated/α-hetero) is 1. The Bertz CT molecular complexity index is 2670. The van der Waals surface area contributed by atoms with Crippen molar-refractivity contribution in [2.24, 2.45) is 11.1 Å². The summed E-state index contributed by atoms with van der Waals surface area (Å²) in [7, 11) is -4.25. The summed E-state index contributed by atoms with van der Waals surface area (Å²) in [5.41, 5.74) is 3.75. The quantitative estimate of drug-likeness (QED) is 0.0283. The monoisotopic (exact) mass is 1040 g/mol. The molecule has 0 unspecified atom stereocenters. The summed E-state index contributed by atoms with van der Waals surface area (Å²) in [6.07, 6.45) is -4.42. The number of hydrogen-bond acceptors (Lipinski definition) is 18. The molecule has 0 radical (unpaired) electrons. The van der Waals surface area contributed by atoms with Gasteiger partial charge in [-0.05, 0) is 61.1 Å².